The Morgan fingerprint density at radius 1 is 1.29 bits per heavy atom. The molecule has 1 rings (SSSR count). The van der Waals surface area contributed by atoms with Gasteiger partial charge in [-0.2, -0.15) is 0 Å². The van der Waals surface area contributed by atoms with Crippen molar-refractivity contribution in [2.45, 2.75) is 63.5 Å². The first-order valence-corrected chi connectivity index (χ1v) is 7.85. The largest absolute Gasteiger partial charge is 0.347 e. The zero-order chi connectivity index (χ0) is 16.4. The number of rotatable bonds is 4. The monoisotopic (exact) mass is 335 g/mol. The summed E-state index contributed by atoms with van der Waals surface area (Å²) in [6.07, 6.45) is 5.04. The lowest BCUT2D eigenvalue weighted by Crippen LogP contribution is -2.55. The molecule has 1 aliphatic rings. The minimum Gasteiger partial charge on any atom is -0.347 e. The average molecular weight is 336 g/mol. The predicted molar refractivity (Wildman–Crippen MR) is 84.2 cm³/mol. The Morgan fingerprint density at radius 2 is 1.76 bits per heavy atom. The van der Waals surface area contributed by atoms with Crippen molar-refractivity contribution in [3.05, 3.63) is 0 Å². The molecule has 4 nitrogen and oxygen atoms in total. The number of halogens is 2. The molecule has 1 heterocycles. The van der Waals surface area contributed by atoms with Gasteiger partial charge in [-0.05, 0) is 27.7 Å². The fourth-order valence-electron chi connectivity index (χ4n) is 2.16. The van der Waals surface area contributed by atoms with Crippen molar-refractivity contribution in [2.75, 3.05) is 6.54 Å². The van der Waals surface area contributed by atoms with E-state index in [0.29, 0.717) is 0 Å². The first-order chi connectivity index (χ1) is 9.60. The van der Waals surface area contributed by atoms with Gasteiger partial charge in [0.05, 0.1) is 24.3 Å². The number of terminal acetylenes is 1. The topological polar surface area (TPSA) is 38.8 Å². The Bertz CT molecular complexity index is 408. The summed E-state index contributed by atoms with van der Waals surface area (Å²) in [6.45, 7) is 9.72. The molecule has 1 fully saturated rings. The van der Waals surface area contributed by atoms with E-state index < -0.39 is 22.6 Å². The van der Waals surface area contributed by atoms with Gasteiger partial charge < -0.3 is 14.4 Å². The van der Waals surface area contributed by atoms with Crippen molar-refractivity contribution >= 4 is 29.1 Å². The van der Waals surface area contributed by atoms with Gasteiger partial charge in [-0.1, -0.05) is 36.0 Å². The standard InChI is InChI=1S/C15H23Cl2NO3/c1-7-15(5,6)18(14(19)13(16)17)8-12-20-10(3)9(2)11(4)21-12/h1,9-13H,8H2,2-6H3. The molecule has 0 aromatic heterocycles. The van der Waals surface area contributed by atoms with E-state index in [-0.39, 0.29) is 24.7 Å². The number of alkyl halides is 2. The Balaban J connectivity index is 2.88. The van der Waals surface area contributed by atoms with Crippen LogP contribution >= 0.6 is 23.2 Å². The third-order valence-electron chi connectivity index (χ3n) is 4.03. The van der Waals surface area contributed by atoms with Gasteiger partial charge in [-0.25, -0.2) is 0 Å². The van der Waals surface area contributed by atoms with Gasteiger partial charge >= 0.3 is 0 Å². The van der Waals surface area contributed by atoms with E-state index in [0.717, 1.165) is 0 Å². The molecular formula is C15H23Cl2NO3. The highest BCUT2D eigenvalue weighted by Crippen LogP contribution is 2.27. The zero-order valence-corrected chi connectivity index (χ0v) is 14.6. The molecule has 1 amide bonds. The van der Waals surface area contributed by atoms with Crippen molar-refractivity contribution in [3.63, 3.8) is 0 Å². The molecular weight excluding hydrogens is 313 g/mol. The smallest absolute Gasteiger partial charge is 0.257 e. The molecule has 2 atom stereocenters. The maximum Gasteiger partial charge on any atom is 0.257 e. The molecule has 1 saturated heterocycles. The number of hydrogen-bond acceptors (Lipinski definition) is 3. The molecule has 0 aliphatic carbocycles. The second kappa shape index (κ2) is 7.19. The fourth-order valence-corrected chi connectivity index (χ4v) is 2.40. The van der Waals surface area contributed by atoms with Gasteiger partial charge in [0.25, 0.3) is 5.91 Å². The van der Waals surface area contributed by atoms with Crippen LogP contribution < -0.4 is 0 Å². The normalized spacial score (nSPS) is 30.0. The fraction of sp³-hybridized carbons (Fsp3) is 0.800. The van der Waals surface area contributed by atoms with Crippen LogP contribution in [0.1, 0.15) is 34.6 Å². The number of nitrogens with zero attached hydrogens (tertiary/aromatic N) is 1. The van der Waals surface area contributed by atoms with E-state index in [1.54, 1.807) is 13.8 Å². The van der Waals surface area contributed by atoms with Crippen LogP contribution in [-0.4, -0.2) is 46.2 Å². The van der Waals surface area contributed by atoms with Gasteiger partial charge in [0.1, 0.15) is 0 Å². The summed E-state index contributed by atoms with van der Waals surface area (Å²) in [4.78, 5) is 12.5. The molecule has 0 N–H and O–H groups in total. The van der Waals surface area contributed by atoms with Crippen molar-refractivity contribution in [1.82, 2.24) is 4.90 Å². The third kappa shape index (κ3) is 4.50. The lowest BCUT2D eigenvalue weighted by Gasteiger charge is -2.42. The molecule has 21 heavy (non-hydrogen) atoms. The zero-order valence-electron chi connectivity index (χ0n) is 13.1. The van der Waals surface area contributed by atoms with Gasteiger partial charge in [0.2, 0.25) is 0 Å². The molecule has 0 saturated carbocycles. The summed E-state index contributed by atoms with van der Waals surface area (Å²) >= 11 is 11.4. The van der Waals surface area contributed by atoms with E-state index in [1.165, 1.54) is 4.90 Å². The maximum absolute atomic E-state index is 12.2. The van der Waals surface area contributed by atoms with Gasteiger partial charge in [0.15, 0.2) is 11.1 Å². The Labute approximate surface area is 137 Å². The van der Waals surface area contributed by atoms with Crippen LogP contribution in [0.5, 0.6) is 0 Å². The molecule has 120 valence electrons. The minimum atomic E-state index is -1.17. The summed E-state index contributed by atoms with van der Waals surface area (Å²) in [7, 11) is 0. The molecule has 0 spiro atoms. The first-order valence-electron chi connectivity index (χ1n) is 6.98. The van der Waals surface area contributed by atoms with Crippen LogP contribution in [0.2, 0.25) is 0 Å². The van der Waals surface area contributed by atoms with E-state index in [2.05, 4.69) is 12.8 Å². The molecule has 0 bridgehead atoms. The Morgan fingerprint density at radius 3 is 2.14 bits per heavy atom. The van der Waals surface area contributed by atoms with Crippen molar-refractivity contribution in [2.24, 2.45) is 5.92 Å². The molecule has 0 aromatic rings. The number of carbonyl (C=O) groups is 1. The second-order valence-corrected chi connectivity index (χ2v) is 7.02. The second-order valence-electron chi connectivity index (χ2n) is 5.92. The van der Waals surface area contributed by atoms with Crippen molar-refractivity contribution in [1.29, 1.82) is 0 Å². The molecule has 0 aromatic carbocycles. The number of carbonyl (C=O) groups excluding carboxylic acids is 1. The van der Waals surface area contributed by atoms with Gasteiger partial charge in [-0.15, -0.1) is 6.42 Å². The summed E-state index contributed by atoms with van der Waals surface area (Å²) in [5, 5.41) is 0. The highest BCUT2D eigenvalue weighted by atomic mass is 35.5. The lowest BCUT2D eigenvalue weighted by molar-refractivity contribution is -0.262. The SMILES string of the molecule is C#CC(C)(C)N(CC1OC(C)C(C)C(C)O1)C(=O)C(Cl)Cl. The number of amides is 1. The third-order valence-corrected chi connectivity index (χ3v) is 4.40. The number of hydrogen-bond donors (Lipinski definition) is 0. The van der Waals surface area contributed by atoms with Crippen LogP contribution in [0.15, 0.2) is 0 Å². The molecule has 6 heteroatoms. The number of ether oxygens (including phenoxy) is 2. The van der Waals surface area contributed by atoms with Crippen LogP contribution in [-0.2, 0) is 14.3 Å². The van der Waals surface area contributed by atoms with Crippen LogP contribution in [0.25, 0.3) is 0 Å². The lowest BCUT2D eigenvalue weighted by atomic mass is 9.99. The Kier molecular flexibility index (Phi) is 6.36. The van der Waals surface area contributed by atoms with Crippen LogP contribution in [0, 0.1) is 18.3 Å². The summed E-state index contributed by atoms with van der Waals surface area (Å²) in [5.74, 6) is 2.40. The van der Waals surface area contributed by atoms with E-state index in [1.807, 2.05) is 13.8 Å². The minimum absolute atomic E-state index is 0.0347. The van der Waals surface area contributed by atoms with E-state index in [4.69, 9.17) is 39.1 Å². The first kappa shape index (κ1) is 18.6. The van der Waals surface area contributed by atoms with Crippen molar-refractivity contribution in [3.8, 4) is 12.3 Å². The van der Waals surface area contributed by atoms with Crippen LogP contribution in [0.3, 0.4) is 0 Å². The quantitative estimate of drug-likeness (QED) is 0.585. The average Bonchev–Trinajstić information content (AvgIpc) is 2.40. The maximum atomic E-state index is 12.2. The van der Waals surface area contributed by atoms with E-state index in [9.17, 15) is 4.79 Å². The van der Waals surface area contributed by atoms with Crippen LogP contribution in [0.4, 0.5) is 0 Å². The Hall–Kier alpha value is -0.470. The van der Waals surface area contributed by atoms with Crippen molar-refractivity contribution < 1.29 is 14.3 Å². The molecule has 0 radical (unpaired) electrons. The summed E-state index contributed by atoms with van der Waals surface area (Å²) in [6, 6.07) is 0. The highest BCUT2D eigenvalue weighted by molar-refractivity contribution is 6.53. The highest BCUT2D eigenvalue weighted by Gasteiger charge is 2.38. The van der Waals surface area contributed by atoms with E-state index >= 15 is 0 Å². The van der Waals surface area contributed by atoms with Gasteiger partial charge in [0, 0.05) is 5.92 Å². The molecule has 1 aliphatic heterocycles. The molecule has 2 unspecified atom stereocenters. The predicted octanol–water partition coefficient (Wildman–Crippen LogP) is 2.82. The summed E-state index contributed by atoms with van der Waals surface area (Å²) < 4.78 is 11.6. The van der Waals surface area contributed by atoms with Gasteiger partial charge in [-0.3, -0.25) is 4.79 Å². The summed E-state index contributed by atoms with van der Waals surface area (Å²) in [5.41, 5.74) is -0.832.